The molecule has 5 rings (SSSR count). The minimum absolute atomic E-state index is 0.145. The van der Waals surface area contributed by atoms with Crippen molar-refractivity contribution < 1.29 is 22.7 Å². The lowest BCUT2D eigenvalue weighted by molar-refractivity contribution is -0.141. The summed E-state index contributed by atoms with van der Waals surface area (Å²) in [4.78, 5) is 12.6. The van der Waals surface area contributed by atoms with Gasteiger partial charge in [-0.3, -0.25) is 13.7 Å². The Morgan fingerprint density at radius 1 is 0.930 bits per heavy atom. The number of hydrogen-bond acceptors (Lipinski definition) is 7. The van der Waals surface area contributed by atoms with E-state index in [0.717, 1.165) is 21.8 Å². The number of sulfonamides is 1. The summed E-state index contributed by atoms with van der Waals surface area (Å²) in [6.45, 7) is 2.01. The van der Waals surface area contributed by atoms with E-state index in [-0.39, 0.29) is 27.2 Å². The van der Waals surface area contributed by atoms with Gasteiger partial charge in [0.25, 0.3) is 10.0 Å². The summed E-state index contributed by atoms with van der Waals surface area (Å²) in [7, 11) is -4.25. The number of halogens is 2. The molecule has 0 radical (unpaired) electrons. The normalized spacial score (nSPS) is 11.4. The largest absolute Gasteiger partial charge is 0.472 e. The van der Waals surface area contributed by atoms with Crippen LogP contribution in [0.2, 0.25) is 10.0 Å². The third-order valence-electron chi connectivity index (χ3n) is 6.52. The van der Waals surface area contributed by atoms with Gasteiger partial charge in [0.1, 0.15) is 13.2 Å². The van der Waals surface area contributed by atoms with Crippen LogP contribution in [0, 0.1) is 0 Å². The van der Waals surface area contributed by atoms with Gasteiger partial charge in [-0.05, 0) is 60.5 Å². The average molecular weight is 640 g/mol. The third-order valence-corrected chi connectivity index (χ3v) is 8.71. The number of benzene rings is 3. The smallest absolute Gasteiger partial charge is 0.326 e. The van der Waals surface area contributed by atoms with E-state index in [1.54, 1.807) is 36.5 Å². The summed E-state index contributed by atoms with van der Waals surface area (Å²) in [5.41, 5.74) is 2.04. The molecule has 0 saturated heterocycles. The molecule has 0 aliphatic rings. The van der Waals surface area contributed by atoms with Crippen molar-refractivity contribution in [3.8, 4) is 11.7 Å². The zero-order valence-electron chi connectivity index (χ0n) is 23.2. The molecule has 0 atom stereocenters. The Balaban J connectivity index is 1.43. The predicted octanol–water partition coefficient (Wildman–Crippen LogP) is 6.84. The van der Waals surface area contributed by atoms with Crippen LogP contribution >= 0.6 is 23.2 Å². The second-order valence-corrected chi connectivity index (χ2v) is 12.4. The first-order valence-corrected chi connectivity index (χ1v) is 15.7. The highest BCUT2D eigenvalue weighted by Crippen LogP contribution is 2.31. The standard InChI is InChI=1S/C31H28Cl2N4O5S/c1-2-3-15-41-31(38)20-37(43(39,40)27-18-24(32)17-25(33)19-27)26-9-10-28-23(16-26)13-14-36(28)29-11-12-30(35-34-29)42-21-22-7-5-4-6-8-22/h4-14,16-19H,2-3,15,20-21H2,1H3. The highest BCUT2D eigenvalue weighted by molar-refractivity contribution is 7.92. The number of aromatic nitrogens is 3. The van der Waals surface area contributed by atoms with Gasteiger partial charge >= 0.3 is 5.97 Å². The van der Waals surface area contributed by atoms with Crippen molar-refractivity contribution >= 4 is 55.8 Å². The zero-order chi connectivity index (χ0) is 30.4. The summed E-state index contributed by atoms with van der Waals surface area (Å²) in [5, 5.41) is 9.52. The van der Waals surface area contributed by atoms with Crippen molar-refractivity contribution in [2.45, 2.75) is 31.3 Å². The van der Waals surface area contributed by atoms with Crippen LogP contribution in [-0.4, -0.2) is 42.3 Å². The Bertz CT molecular complexity index is 1810. The fraction of sp³-hybridized carbons (Fsp3) is 0.194. The van der Waals surface area contributed by atoms with Crippen LogP contribution in [0.5, 0.6) is 5.88 Å². The lowest BCUT2D eigenvalue weighted by Crippen LogP contribution is -2.36. The molecule has 0 bridgehead atoms. The van der Waals surface area contributed by atoms with Crippen LogP contribution < -0.4 is 9.04 Å². The molecule has 2 aromatic heterocycles. The van der Waals surface area contributed by atoms with Gasteiger partial charge in [-0.2, -0.15) is 0 Å². The second kappa shape index (κ2) is 13.5. The van der Waals surface area contributed by atoms with E-state index in [4.69, 9.17) is 32.7 Å². The minimum atomic E-state index is -4.25. The number of anilines is 1. The Hall–Kier alpha value is -4.12. The van der Waals surface area contributed by atoms with Crippen LogP contribution in [0.1, 0.15) is 25.3 Å². The van der Waals surface area contributed by atoms with E-state index in [1.807, 2.05) is 47.9 Å². The summed E-state index contributed by atoms with van der Waals surface area (Å²) in [6, 6.07) is 24.2. The summed E-state index contributed by atoms with van der Waals surface area (Å²) < 4.78 is 41.5. The second-order valence-electron chi connectivity index (χ2n) is 9.62. The topological polar surface area (TPSA) is 104 Å². The van der Waals surface area contributed by atoms with Crippen LogP contribution in [-0.2, 0) is 26.2 Å². The number of carbonyl (C=O) groups is 1. The quantitative estimate of drug-likeness (QED) is 0.109. The fourth-order valence-corrected chi connectivity index (χ4v) is 6.48. The highest BCUT2D eigenvalue weighted by atomic mass is 35.5. The predicted molar refractivity (Wildman–Crippen MR) is 166 cm³/mol. The molecule has 43 heavy (non-hydrogen) atoms. The molecule has 0 aliphatic carbocycles. The molecule has 0 saturated carbocycles. The molecule has 12 heteroatoms. The number of esters is 1. The SMILES string of the molecule is CCCCOC(=O)CN(c1ccc2c(ccn2-c2ccc(OCc3ccccc3)nn2)c1)S(=O)(=O)c1cc(Cl)cc(Cl)c1. The molecule has 2 heterocycles. The average Bonchev–Trinajstić information content (AvgIpc) is 3.42. The molecule has 0 fully saturated rings. The Morgan fingerprint density at radius 3 is 2.40 bits per heavy atom. The van der Waals surface area contributed by atoms with Crippen molar-refractivity contribution in [2.24, 2.45) is 0 Å². The monoisotopic (exact) mass is 638 g/mol. The van der Waals surface area contributed by atoms with Gasteiger partial charge in [0.05, 0.1) is 22.7 Å². The first-order valence-electron chi connectivity index (χ1n) is 13.5. The van der Waals surface area contributed by atoms with Gasteiger partial charge in [0.15, 0.2) is 5.82 Å². The molecule has 9 nitrogen and oxygen atoms in total. The van der Waals surface area contributed by atoms with Crippen LogP contribution in [0.4, 0.5) is 5.69 Å². The molecule has 0 aliphatic heterocycles. The van der Waals surface area contributed by atoms with E-state index in [1.165, 1.54) is 18.2 Å². The summed E-state index contributed by atoms with van der Waals surface area (Å²) >= 11 is 12.2. The van der Waals surface area contributed by atoms with Gasteiger partial charge in [0.2, 0.25) is 5.88 Å². The number of hydrogen-bond donors (Lipinski definition) is 0. The number of carbonyl (C=O) groups excluding carboxylic acids is 1. The van der Waals surface area contributed by atoms with Gasteiger partial charge in [-0.25, -0.2) is 8.42 Å². The van der Waals surface area contributed by atoms with Crippen molar-refractivity contribution in [2.75, 3.05) is 17.5 Å². The highest BCUT2D eigenvalue weighted by Gasteiger charge is 2.29. The van der Waals surface area contributed by atoms with Crippen molar-refractivity contribution in [1.29, 1.82) is 0 Å². The van der Waals surface area contributed by atoms with Crippen molar-refractivity contribution in [3.63, 3.8) is 0 Å². The van der Waals surface area contributed by atoms with Gasteiger partial charge in [-0.1, -0.05) is 66.9 Å². The summed E-state index contributed by atoms with van der Waals surface area (Å²) in [5.74, 6) is 0.263. The maximum Gasteiger partial charge on any atom is 0.326 e. The van der Waals surface area contributed by atoms with Crippen molar-refractivity contribution in [3.05, 3.63) is 107 Å². The molecule has 5 aromatic rings. The lowest BCUT2D eigenvalue weighted by Gasteiger charge is -2.24. The number of fused-ring (bicyclic) bond motifs is 1. The Morgan fingerprint density at radius 2 is 1.70 bits per heavy atom. The first-order chi connectivity index (χ1) is 20.7. The van der Waals surface area contributed by atoms with E-state index in [2.05, 4.69) is 10.2 Å². The molecule has 0 amide bonds. The fourth-order valence-electron chi connectivity index (χ4n) is 4.35. The van der Waals surface area contributed by atoms with Gasteiger partial charge in [-0.15, -0.1) is 10.2 Å². The number of unbranched alkanes of at least 4 members (excludes halogenated alkanes) is 1. The number of nitrogens with zero attached hydrogens (tertiary/aromatic N) is 4. The minimum Gasteiger partial charge on any atom is -0.472 e. The molecule has 0 spiro atoms. The lowest BCUT2D eigenvalue weighted by atomic mass is 10.2. The molecule has 0 unspecified atom stereocenters. The Labute approximate surface area is 259 Å². The zero-order valence-corrected chi connectivity index (χ0v) is 25.5. The molecular weight excluding hydrogens is 611 g/mol. The summed E-state index contributed by atoms with van der Waals surface area (Å²) in [6.07, 6.45) is 3.31. The Kier molecular flexibility index (Phi) is 9.49. The molecule has 222 valence electrons. The van der Waals surface area contributed by atoms with Crippen LogP contribution in [0.15, 0.2) is 96.0 Å². The van der Waals surface area contributed by atoms with E-state index < -0.39 is 22.5 Å². The van der Waals surface area contributed by atoms with Crippen LogP contribution in [0.25, 0.3) is 16.7 Å². The van der Waals surface area contributed by atoms with E-state index >= 15 is 0 Å². The van der Waals surface area contributed by atoms with Crippen molar-refractivity contribution in [1.82, 2.24) is 14.8 Å². The third kappa shape index (κ3) is 7.27. The number of ether oxygens (including phenoxy) is 2. The first kappa shape index (κ1) is 30.3. The van der Waals surface area contributed by atoms with Gasteiger partial charge in [0, 0.05) is 27.7 Å². The number of rotatable bonds is 12. The van der Waals surface area contributed by atoms with Gasteiger partial charge < -0.3 is 9.47 Å². The van der Waals surface area contributed by atoms with E-state index in [0.29, 0.717) is 30.1 Å². The maximum atomic E-state index is 13.8. The van der Waals surface area contributed by atoms with E-state index in [9.17, 15) is 13.2 Å². The van der Waals surface area contributed by atoms with Crippen LogP contribution in [0.3, 0.4) is 0 Å². The molecular formula is C31H28Cl2N4O5S. The molecule has 0 N–H and O–H groups in total. The maximum absolute atomic E-state index is 13.8. The molecule has 3 aromatic carbocycles.